The summed E-state index contributed by atoms with van der Waals surface area (Å²) in [5.41, 5.74) is -0.280. The second-order valence-electron chi connectivity index (χ2n) is 8.38. The average Bonchev–Trinajstić information content (AvgIpc) is 3.25. The van der Waals surface area contributed by atoms with Crippen LogP contribution >= 0.6 is 23.2 Å². The largest absolute Gasteiger partial charge is 0.484 e. The van der Waals surface area contributed by atoms with Crippen molar-refractivity contribution in [2.24, 2.45) is 5.41 Å². The number of ether oxygens (including phenoxy) is 2. The van der Waals surface area contributed by atoms with Crippen molar-refractivity contribution in [1.29, 1.82) is 0 Å². The van der Waals surface area contributed by atoms with E-state index >= 15 is 0 Å². The molecule has 3 aliphatic rings. The molecule has 10 heteroatoms. The molecule has 0 atom stereocenters. The zero-order valence-electron chi connectivity index (χ0n) is 16.9. The van der Waals surface area contributed by atoms with Crippen molar-refractivity contribution in [2.75, 3.05) is 18.5 Å². The number of nitrogens with one attached hydrogen (secondary N) is 2. The summed E-state index contributed by atoms with van der Waals surface area (Å²) in [6, 6.07) is 7.91. The van der Waals surface area contributed by atoms with Crippen molar-refractivity contribution in [3.8, 4) is 5.75 Å². The van der Waals surface area contributed by atoms with E-state index in [9.17, 15) is 18.4 Å². The van der Waals surface area contributed by atoms with E-state index in [-0.39, 0.29) is 51.6 Å². The summed E-state index contributed by atoms with van der Waals surface area (Å²) in [4.78, 5) is 24.3. The van der Waals surface area contributed by atoms with E-state index in [2.05, 4.69) is 10.6 Å². The third-order valence-corrected chi connectivity index (χ3v) is 6.51. The minimum Gasteiger partial charge on any atom is -0.484 e. The molecule has 3 fully saturated rings. The number of anilines is 1. The molecule has 3 saturated carbocycles. The second-order valence-corrected chi connectivity index (χ2v) is 9.19. The van der Waals surface area contributed by atoms with Gasteiger partial charge in [-0.15, -0.1) is 0 Å². The molecule has 32 heavy (non-hydrogen) atoms. The maximum atomic E-state index is 13.5. The Labute approximate surface area is 193 Å². The smallest absolute Gasteiger partial charge is 0.411 e. The maximum Gasteiger partial charge on any atom is 0.411 e. The number of hydrogen-bond acceptors (Lipinski definition) is 4. The molecule has 3 aliphatic carbocycles. The van der Waals surface area contributed by atoms with Crippen LogP contribution in [-0.4, -0.2) is 30.8 Å². The lowest BCUT2D eigenvalue weighted by atomic mass is 9.65. The predicted octanol–water partition coefficient (Wildman–Crippen LogP) is 5.33. The second kappa shape index (κ2) is 8.75. The lowest BCUT2D eigenvalue weighted by molar-refractivity contribution is -0.127. The highest BCUT2D eigenvalue weighted by atomic mass is 35.5. The molecule has 5 rings (SSSR count). The molecule has 2 amide bonds. The number of benzene rings is 2. The van der Waals surface area contributed by atoms with Crippen LogP contribution in [0.4, 0.5) is 19.3 Å². The SMILES string of the molecule is O=C(COc1ccc(Cl)c(F)c1)NC12CCC(COC(=O)Nc3ccc(Cl)c(F)c3)(C1)C2. The van der Waals surface area contributed by atoms with Gasteiger partial charge in [0.1, 0.15) is 17.4 Å². The Morgan fingerprint density at radius 2 is 1.69 bits per heavy atom. The fourth-order valence-electron chi connectivity index (χ4n) is 4.56. The summed E-state index contributed by atoms with van der Waals surface area (Å²) < 4.78 is 37.6. The molecule has 0 radical (unpaired) electrons. The third-order valence-electron chi connectivity index (χ3n) is 5.90. The minimum absolute atomic E-state index is 0.0197. The van der Waals surface area contributed by atoms with Gasteiger partial charge in [-0.2, -0.15) is 0 Å². The third kappa shape index (κ3) is 4.91. The number of rotatable bonds is 7. The topological polar surface area (TPSA) is 76.7 Å². The Balaban J connectivity index is 1.21. The quantitative estimate of drug-likeness (QED) is 0.556. The molecule has 6 nitrogen and oxygen atoms in total. The van der Waals surface area contributed by atoms with E-state index in [1.807, 2.05) is 0 Å². The monoisotopic (exact) mass is 484 g/mol. The molecule has 0 saturated heterocycles. The number of carbonyl (C=O) groups excluding carboxylic acids is 2. The van der Waals surface area contributed by atoms with Crippen LogP contribution in [0.2, 0.25) is 10.0 Å². The van der Waals surface area contributed by atoms with Gasteiger partial charge in [-0.25, -0.2) is 13.6 Å². The summed E-state index contributed by atoms with van der Waals surface area (Å²) in [6.07, 6.45) is 2.26. The van der Waals surface area contributed by atoms with Crippen LogP contribution in [0.3, 0.4) is 0 Å². The summed E-state index contributed by atoms with van der Waals surface area (Å²) in [5, 5.41) is 5.40. The summed E-state index contributed by atoms with van der Waals surface area (Å²) >= 11 is 11.2. The molecule has 0 heterocycles. The van der Waals surface area contributed by atoms with E-state index in [1.165, 1.54) is 24.3 Å². The van der Waals surface area contributed by atoms with E-state index in [4.69, 9.17) is 32.7 Å². The van der Waals surface area contributed by atoms with Gasteiger partial charge in [-0.1, -0.05) is 23.2 Å². The van der Waals surface area contributed by atoms with Crippen molar-refractivity contribution in [2.45, 2.75) is 31.2 Å². The zero-order valence-corrected chi connectivity index (χ0v) is 18.4. The van der Waals surface area contributed by atoms with E-state index in [1.54, 1.807) is 0 Å². The van der Waals surface area contributed by atoms with Gasteiger partial charge in [0.05, 0.1) is 16.7 Å². The number of halogens is 4. The first-order valence-corrected chi connectivity index (χ1v) is 10.7. The fourth-order valence-corrected chi connectivity index (χ4v) is 4.80. The normalized spacial score (nSPS) is 23.2. The van der Waals surface area contributed by atoms with Gasteiger partial charge in [0.25, 0.3) is 5.91 Å². The van der Waals surface area contributed by atoms with Gasteiger partial charge in [0.2, 0.25) is 0 Å². The first kappa shape index (κ1) is 22.6. The Kier molecular flexibility index (Phi) is 6.18. The van der Waals surface area contributed by atoms with Crippen molar-refractivity contribution in [1.82, 2.24) is 5.32 Å². The lowest BCUT2D eigenvalue weighted by Gasteiger charge is -2.47. The Morgan fingerprint density at radius 3 is 2.38 bits per heavy atom. The van der Waals surface area contributed by atoms with E-state index < -0.39 is 17.7 Å². The van der Waals surface area contributed by atoms with Gasteiger partial charge < -0.3 is 14.8 Å². The van der Waals surface area contributed by atoms with Gasteiger partial charge in [-0.05, 0) is 56.0 Å². The van der Waals surface area contributed by atoms with Crippen molar-refractivity contribution >= 4 is 40.9 Å². The van der Waals surface area contributed by atoms with Crippen LogP contribution in [0.25, 0.3) is 0 Å². The molecule has 170 valence electrons. The highest BCUT2D eigenvalue weighted by Crippen LogP contribution is 2.61. The molecule has 2 N–H and O–H groups in total. The van der Waals surface area contributed by atoms with E-state index in [0.29, 0.717) is 12.8 Å². The molecular formula is C22H20Cl2F2N2O4. The molecule has 0 spiro atoms. The molecule has 0 unspecified atom stereocenters. The average molecular weight is 485 g/mol. The Bertz CT molecular complexity index is 1060. The Hall–Kier alpha value is -2.58. The lowest BCUT2D eigenvalue weighted by Crippen LogP contribution is -2.57. The van der Waals surface area contributed by atoms with Gasteiger partial charge in [-0.3, -0.25) is 10.1 Å². The highest BCUT2D eigenvalue weighted by molar-refractivity contribution is 6.31. The van der Waals surface area contributed by atoms with Crippen LogP contribution in [0, 0.1) is 17.0 Å². The van der Waals surface area contributed by atoms with Crippen LogP contribution in [0.5, 0.6) is 5.75 Å². The molecule has 0 aliphatic heterocycles. The maximum absolute atomic E-state index is 13.5. The van der Waals surface area contributed by atoms with Crippen molar-refractivity contribution in [3.63, 3.8) is 0 Å². The zero-order chi connectivity index (χ0) is 22.9. The summed E-state index contributed by atoms with van der Waals surface area (Å²) in [5.74, 6) is -1.34. The van der Waals surface area contributed by atoms with Crippen LogP contribution in [0.1, 0.15) is 25.7 Å². The molecule has 2 aromatic carbocycles. The Morgan fingerprint density at radius 1 is 1.00 bits per heavy atom. The summed E-state index contributed by atoms with van der Waals surface area (Å²) in [6.45, 7) is -0.0422. The van der Waals surface area contributed by atoms with Crippen LogP contribution < -0.4 is 15.4 Å². The molecular weight excluding hydrogens is 465 g/mol. The molecule has 2 bridgehead atoms. The molecule has 0 aromatic heterocycles. The van der Waals surface area contributed by atoms with Crippen LogP contribution in [-0.2, 0) is 9.53 Å². The van der Waals surface area contributed by atoms with Crippen molar-refractivity contribution < 1.29 is 27.8 Å². The standard InChI is InChI=1S/C22H20Cl2F2N2O4/c23-15-3-1-13(7-17(15)25)27-20(30)32-12-21-5-6-22(10-21,11-21)28-19(29)9-31-14-2-4-16(24)18(26)8-14/h1-4,7-8H,5-6,9-12H2,(H,27,30)(H,28,29). The molecule has 2 aromatic rings. The first-order chi connectivity index (χ1) is 15.2. The minimum atomic E-state index is -0.682. The highest BCUT2D eigenvalue weighted by Gasteiger charge is 2.61. The van der Waals surface area contributed by atoms with Gasteiger partial charge >= 0.3 is 6.09 Å². The predicted molar refractivity (Wildman–Crippen MR) is 115 cm³/mol. The van der Waals surface area contributed by atoms with Crippen molar-refractivity contribution in [3.05, 3.63) is 58.1 Å². The summed E-state index contributed by atoms with van der Waals surface area (Å²) in [7, 11) is 0. The van der Waals surface area contributed by atoms with E-state index in [0.717, 1.165) is 25.0 Å². The van der Waals surface area contributed by atoms with Crippen LogP contribution in [0.15, 0.2) is 36.4 Å². The first-order valence-electron chi connectivity index (χ1n) is 9.95. The number of carbonyl (C=O) groups is 2. The number of amides is 2. The van der Waals surface area contributed by atoms with Gasteiger partial charge in [0.15, 0.2) is 6.61 Å². The number of fused-ring (bicyclic) bond motifs is 1. The van der Waals surface area contributed by atoms with Gasteiger partial charge in [0, 0.05) is 22.7 Å². The number of hydrogen-bond donors (Lipinski definition) is 2. The fraction of sp³-hybridized carbons (Fsp3) is 0.364.